The summed E-state index contributed by atoms with van der Waals surface area (Å²) in [5.74, 6) is 0. The maximum Gasteiger partial charge on any atom is 0.0123 e. The third kappa shape index (κ3) is 1.28. The maximum atomic E-state index is 3.72. The van der Waals surface area contributed by atoms with Crippen molar-refractivity contribution in [2.45, 2.75) is 57.9 Å². The van der Waals surface area contributed by atoms with Crippen molar-refractivity contribution in [3.63, 3.8) is 0 Å². The molecule has 1 heteroatoms. The lowest BCUT2D eigenvalue weighted by molar-refractivity contribution is 0.101. The van der Waals surface area contributed by atoms with Crippen LogP contribution >= 0.6 is 0 Å². The summed E-state index contributed by atoms with van der Waals surface area (Å²) in [6.07, 6.45) is 10.2. The van der Waals surface area contributed by atoms with E-state index in [0.29, 0.717) is 0 Å². The molecule has 0 saturated heterocycles. The Hall–Kier alpha value is -0.0400. The molecular weight excluding hydrogens is 146 g/mol. The normalized spacial score (nSPS) is 32.2. The summed E-state index contributed by atoms with van der Waals surface area (Å²) in [5.41, 5.74) is 0.773. The van der Waals surface area contributed by atoms with E-state index in [4.69, 9.17) is 0 Å². The van der Waals surface area contributed by atoms with Gasteiger partial charge in [-0.25, -0.2) is 0 Å². The first-order chi connectivity index (χ1) is 5.87. The third-order valence-corrected chi connectivity index (χ3v) is 3.90. The Balaban J connectivity index is 1.86. The average molecular weight is 167 g/mol. The number of rotatable bonds is 3. The van der Waals surface area contributed by atoms with Gasteiger partial charge in [-0.05, 0) is 44.1 Å². The molecule has 0 bridgehead atoms. The molecule has 0 heterocycles. The number of hydrogen-bond donors (Lipinski definition) is 1. The maximum absolute atomic E-state index is 3.72. The van der Waals surface area contributed by atoms with Crippen molar-refractivity contribution in [2.75, 3.05) is 6.54 Å². The highest BCUT2D eigenvalue weighted by Gasteiger charge is 2.46. The predicted octanol–water partition coefficient (Wildman–Crippen LogP) is 2.71. The highest BCUT2D eigenvalue weighted by molar-refractivity contribution is 5.01. The van der Waals surface area contributed by atoms with Gasteiger partial charge in [0.25, 0.3) is 0 Å². The molecule has 2 aliphatic rings. The Kier molecular flexibility index (Phi) is 2.40. The molecule has 1 spiro atoms. The highest BCUT2D eigenvalue weighted by atomic mass is 14.9. The van der Waals surface area contributed by atoms with Crippen LogP contribution in [0, 0.1) is 5.41 Å². The molecule has 2 fully saturated rings. The molecule has 1 atom stereocenters. The first kappa shape index (κ1) is 8.55. The van der Waals surface area contributed by atoms with E-state index < -0.39 is 0 Å². The van der Waals surface area contributed by atoms with Crippen LogP contribution in [0.1, 0.15) is 51.9 Å². The van der Waals surface area contributed by atoms with Gasteiger partial charge in [0, 0.05) is 6.04 Å². The largest absolute Gasteiger partial charge is 0.313 e. The van der Waals surface area contributed by atoms with Crippen LogP contribution in [0.25, 0.3) is 0 Å². The van der Waals surface area contributed by atoms with Crippen LogP contribution < -0.4 is 5.32 Å². The van der Waals surface area contributed by atoms with Crippen molar-refractivity contribution in [3.8, 4) is 0 Å². The fourth-order valence-corrected chi connectivity index (χ4v) is 3.01. The summed E-state index contributed by atoms with van der Waals surface area (Å²) in [6.45, 7) is 3.49. The van der Waals surface area contributed by atoms with Gasteiger partial charge < -0.3 is 5.32 Å². The fraction of sp³-hybridized carbons (Fsp3) is 1.00. The minimum absolute atomic E-state index is 0.773. The zero-order chi connectivity index (χ0) is 8.44. The van der Waals surface area contributed by atoms with Crippen molar-refractivity contribution >= 4 is 0 Å². The molecule has 2 saturated carbocycles. The molecule has 0 aromatic rings. The van der Waals surface area contributed by atoms with Gasteiger partial charge in [-0.15, -0.1) is 0 Å². The first-order valence-electron chi connectivity index (χ1n) is 5.61. The van der Waals surface area contributed by atoms with Crippen molar-refractivity contribution in [1.29, 1.82) is 0 Å². The van der Waals surface area contributed by atoms with E-state index in [2.05, 4.69) is 12.2 Å². The minimum atomic E-state index is 0.773. The van der Waals surface area contributed by atoms with Gasteiger partial charge in [0.1, 0.15) is 0 Å². The molecule has 0 aromatic heterocycles. The molecule has 2 aliphatic carbocycles. The van der Waals surface area contributed by atoms with Gasteiger partial charge >= 0.3 is 0 Å². The smallest absolute Gasteiger partial charge is 0.0123 e. The Labute approximate surface area is 75.9 Å². The molecule has 12 heavy (non-hydrogen) atoms. The van der Waals surface area contributed by atoms with Crippen LogP contribution in [0.2, 0.25) is 0 Å². The van der Waals surface area contributed by atoms with Gasteiger partial charge in [-0.2, -0.15) is 0 Å². The van der Waals surface area contributed by atoms with Crippen LogP contribution in [0.15, 0.2) is 0 Å². The fourth-order valence-electron chi connectivity index (χ4n) is 3.01. The molecule has 70 valence electrons. The Morgan fingerprint density at radius 2 is 2.00 bits per heavy atom. The van der Waals surface area contributed by atoms with Crippen molar-refractivity contribution in [2.24, 2.45) is 5.41 Å². The van der Waals surface area contributed by atoms with E-state index in [-0.39, 0.29) is 0 Å². The van der Waals surface area contributed by atoms with E-state index in [1.54, 1.807) is 0 Å². The number of nitrogens with one attached hydrogen (secondary N) is 1. The van der Waals surface area contributed by atoms with Crippen LogP contribution in [0.3, 0.4) is 0 Å². The quantitative estimate of drug-likeness (QED) is 0.681. The molecule has 0 radical (unpaired) electrons. The summed E-state index contributed by atoms with van der Waals surface area (Å²) >= 11 is 0. The Morgan fingerprint density at radius 3 is 2.58 bits per heavy atom. The SMILES string of the molecule is CCCNC1CCCC12CCC2. The van der Waals surface area contributed by atoms with Crippen LogP contribution in [-0.2, 0) is 0 Å². The van der Waals surface area contributed by atoms with Crippen molar-refractivity contribution < 1.29 is 0 Å². The summed E-state index contributed by atoms with van der Waals surface area (Å²) in [4.78, 5) is 0. The Bertz CT molecular complexity index is 149. The van der Waals surface area contributed by atoms with Gasteiger partial charge in [-0.3, -0.25) is 0 Å². The first-order valence-corrected chi connectivity index (χ1v) is 5.61. The Morgan fingerprint density at radius 1 is 1.25 bits per heavy atom. The highest BCUT2D eigenvalue weighted by Crippen LogP contribution is 2.53. The van der Waals surface area contributed by atoms with Gasteiger partial charge in [0.2, 0.25) is 0 Å². The van der Waals surface area contributed by atoms with Gasteiger partial charge in [-0.1, -0.05) is 19.8 Å². The minimum Gasteiger partial charge on any atom is -0.313 e. The second kappa shape index (κ2) is 3.37. The monoisotopic (exact) mass is 167 g/mol. The summed E-state index contributed by atoms with van der Waals surface area (Å²) in [6, 6.07) is 0.881. The average Bonchev–Trinajstić information content (AvgIpc) is 2.42. The zero-order valence-corrected chi connectivity index (χ0v) is 8.23. The second-order valence-electron chi connectivity index (χ2n) is 4.61. The lowest BCUT2D eigenvalue weighted by Crippen LogP contribution is -2.45. The van der Waals surface area contributed by atoms with E-state index in [9.17, 15) is 0 Å². The van der Waals surface area contributed by atoms with E-state index in [1.807, 2.05) is 0 Å². The van der Waals surface area contributed by atoms with Crippen LogP contribution in [-0.4, -0.2) is 12.6 Å². The zero-order valence-electron chi connectivity index (χ0n) is 8.23. The third-order valence-electron chi connectivity index (χ3n) is 3.90. The second-order valence-corrected chi connectivity index (χ2v) is 4.61. The van der Waals surface area contributed by atoms with Crippen molar-refractivity contribution in [1.82, 2.24) is 5.32 Å². The predicted molar refractivity (Wildman–Crippen MR) is 52.2 cm³/mol. The molecule has 0 amide bonds. The molecule has 1 nitrogen and oxygen atoms in total. The molecule has 0 aromatic carbocycles. The standard InChI is InChI=1S/C11H21N/c1-2-9-12-10-5-3-6-11(10)7-4-8-11/h10,12H,2-9H2,1H3. The molecule has 0 aliphatic heterocycles. The molecule has 1 unspecified atom stereocenters. The van der Waals surface area contributed by atoms with E-state index in [0.717, 1.165) is 11.5 Å². The van der Waals surface area contributed by atoms with E-state index >= 15 is 0 Å². The number of hydrogen-bond acceptors (Lipinski definition) is 1. The molecular formula is C11H21N. The summed E-state index contributed by atoms with van der Waals surface area (Å²) in [7, 11) is 0. The van der Waals surface area contributed by atoms with Gasteiger partial charge in [0.15, 0.2) is 0 Å². The van der Waals surface area contributed by atoms with Gasteiger partial charge in [0.05, 0.1) is 0 Å². The topological polar surface area (TPSA) is 12.0 Å². The van der Waals surface area contributed by atoms with Crippen LogP contribution in [0.5, 0.6) is 0 Å². The van der Waals surface area contributed by atoms with E-state index in [1.165, 1.54) is 51.5 Å². The van der Waals surface area contributed by atoms with Crippen LogP contribution in [0.4, 0.5) is 0 Å². The lowest BCUT2D eigenvalue weighted by Gasteiger charge is -2.44. The van der Waals surface area contributed by atoms with Crippen molar-refractivity contribution in [3.05, 3.63) is 0 Å². The summed E-state index contributed by atoms with van der Waals surface area (Å²) in [5, 5.41) is 3.72. The molecule has 2 rings (SSSR count). The molecule has 1 N–H and O–H groups in total. The summed E-state index contributed by atoms with van der Waals surface area (Å²) < 4.78 is 0. The lowest BCUT2D eigenvalue weighted by atomic mass is 9.65.